The Kier molecular flexibility index (Phi) is 3.00. The molecule has 4 nitrogen and oxygen atoms in total. The van der Waals surface area contributed by atoms with Crippen molar-refractivity contribution >= 4 is 17.3 Å². The van der Waals surface area contributed by atoms with E-state index < -0.39 is 11.5 Å². The number of rotatable bonds is 4. The third kappa shape index (κ3) is 1.87. The summed E-state index contributed by atoms with van der Waals surface area (Å²) in [7, 11) is 0. The van der Waals surface area contributed by atoms with Crippen LogP contribution in [0.4, 0.5) is 0 Å². The second-order valence-electron chi connectivity index (χ2n) is 2.80. The molecule has 13 heavy (non-hydrogen) atoms. The highest BCUT2D eigenvalue weighted by Gasteiger charge is 2.36. The molecule has 0 amide bonds. The van der Waals surface area contributed by atoms with Crippen LogP contribution in [0, 0.1) is 0 Å². The second-order valence-corrected chi connectivity index (χ2v) is 3.69. The van der Waals surface area contributed by atoms with Crippen LogP contribution in [-0.2, 0) is 10.3 Å². The summed E-state index contributed by atoms with van der Waals surface area (Å²) in [6.07, 6.45) is 1.61. The number of carboxylic acid groups (broad SMARTS) is 1. The van der Waals surface area contributed by atoms with Crippen molar-refractivity contribution < 1.29 is 9.90 Å². The molecule has 1 atom stereocenters. The van der Waals surface area contributed by atoms with Crippen molar-refractivity contribution in [3.8, 4) is 0 Å². The number of likely N-dealkylation sites (N-methyl/N-ethyl adjacent to an activating group) is 1. The number of hydrogen-bond donors (Lipinski definition) is 2. The lowest BCUT2D eigenvalue weighted by molar-refractivity contribution is -0.144. The number of carbonyl (C=O) groups is 1. The van der Waals surface area contributed by atoms with Gasteiger partial charge in [-0.15, -0.1) is 11.3 Å². The zero-order valence-electron chi connectivity index (χ0n) is 7.57. The SMILES string of the molecule is CCNC(C)(C(=O)O)c1nccs1. The van der Waals surface area contributed by atoms with Crippen molar-refractivity contribution in [3.63, 3.8) is 0 Å². The number of thiazole rings is 1. The van der Waals surface area contributed by atoms with Gasteiger partial charge in [0.25, 0.3) is 0 Å². The number of nitrogens with zero attached hydrogens (tertiary/aromatic N) is 1. The first-order chi connectivity index (χ1) is 6.11. The van der Waals surface area contributed by atoms with Crippen LogP contribution in [0.15, 0.2) is 11.6 Å². The lowest BCUT2D eigenvalue weighted by atomic mass is 10.0. The van der Waals surface area contributed by atoms with Crippen molar-refractivity contribution in [2.45, 2.75) is 19.4 Å². The zero-order chi connectivity index (χ0) is 9.90. The molecule has 0 spiro atoms. The topological polar surface area (TPSA) is 62.2 Å². The van der Waals surface area contributed by atoms with Gasteiger partial charge in [-0.25, -0.2) is 9.78 Å². The Hall–Kier alpha value is -0.940. The molecule has 1 heterocycles. The van der Waals surface area contributed by atoms with Gasteiger partial charge >= 0.3 is 5.97 Å². The zero-order valence-corrected chi connectivity index (χ0v) is 8.39. The fourth-order valence-electron chi connectivity index (χ4n) is 1.07. The smallest absolute Gasteiger partial charge is 0.330 e. The first-order valence-corrected chi connectivity index (χ1v) is 4.87. The van der Waals surface area contributed by atoms with Gasteiger partial charge in [-0.05, 0) is 13.5 Å². The van der Waals surface area contributed by atoms with Crippen LogP contribution in [0.5, 0.6) is 0 Å². The molecule has 0 aromatic carbocycles. The Balaban J connectivity index is 2.98. The predicted molar refractivity (Wildman–Crippen MR) is 50.8 cm³/mol. The van der Waals surface area contributed by atoms with Crippen molar-refractivity contribution in [1.29, 1.82) is 0 Å². The Morgan fingerprint density at radius 1 is 1.85 bits per heavy atom. The quantitative estimate of drug-likeness (QED) is 0.762. The highest BCUT2D eigenvalue weighted by molar-refractivity contribution is 7.09. The molecular formula is C8H12N2O2S. The summed E-state index contributed by atoms with van der Waals surface area (Å²) in [6, 6.07) is 0. The van der Waals surface area contributed by atoms with Crippen LogP contribution in [0.3, 0.4) is 0 Å². The van der Waals surface area contributed by atoms with Gasteiger partial charge in [-0.3, -0.25) is 5.32 Å². The summed E-state index contributed by atoms with van der Waals surface area (Å²) >= 11 is 1.34. The Bertz CT molecular complexity index is 286. The molecule has 1 rings (SSSR count). The lowest BCUT2D eigenvalue weighted by Crippen LogP contribution is -2.46. The van der Waals surface area contributed by atoms with Crippen LogP contribution in [-0.4, -0.2) is 22.6 Å². The summed E-state index contributed by atoms with van der Waals surface area (Å²) in [5, 5.41) is 14.3. The molecular weight excluding hydrogens is 188 g/mol. The number of hydrogen-bond acceptors (Lipinski definition) is 4. The summed E-state index contributed by atoms with van der Waals surface area (Å²) in [5.41, 5.74) is -1.05. The minimum absolute atomic E-state index is 0.585. The summed E-state index contributed by atoms with van der Waals surface area (Å²) in [6.45, 7) is 4.09. The first-order valence-electron chi connectivity index (χ1n) is 3.99. The number of nitrogens with one attached hydrogen (secondary N) is 1. The molecule has 1 unspecified atom stereocenters. The molecule has 0 bridgehead atoms. The average molecular weight is 200 g/mol. The fraction of sp³-hybridized carbons (Fsp3) is 0.500. The van der Waals surface area contributed by atoms with Crippen LogP contribution in [0.2, 0.25) is 0 Å². The van der Waals surface area contributed by atoms with E-state index in [2.05, 4.69) is 10.3 Å². The molecule has 0 aliphatic rings. The summed E-state index contributed by atoms with van der Waals surface area (Å²) in [4.78, 5) is 15.0. The van der Waals surface area contributed by atoms with Gasteiger partial charge in [-0.2, -0.15) is 0 Å². The highest BCUT2D eigenvalue weighted by Crippen LogP contribution is 2.22. The van der Waals surface area contributed by atoms with Gasteiger partial charge in [-0.1, -0.05) is 6.92 Å². The van der Waals surface area contributed by atoms with E-state index in [4.69, 9.17) is 5.11 Å². The van der Waals surface area contributed by atoms with Crippen LogP contribution in [0.1, 0.15) is 18.9 Å². The molecule has 0 fully saturated rings. The molecule has 0 aliphatic carbocycles. The monoisotopic (exact) mass is 200 g/mol. The van der Waals surface area contributed by atoms with E-state index in [9.17, 15) is 4.79 Å². The molecule has 2 N–H and O–H groups in total. The van der Waals surface area contributed by atoms with Crippen molar-refractivity contribution in [3.05, 3.63) is 16.6 Å². The van der Waals surface area contributed by atoms with E-state index in [1.165, 1.54) is 11.3 Å². The van der Waals surface area contributed by atoms with Gasteiger partial charge < -0.3 is 5.11 Å². The molecule has 0 radical (unpaired) electrons. The van der Waals surface area contributed by atoms with E-state index in [0.29, 0.717) is 11.6 Å². The molecule has 0 saturated heterocycles. The van der Waals surface area contributed by atoms with Crippen molar-refractivity contribution in [2.75, 3.05) is 6.54 Å². The van der Waals surface area contributed by atoms with E-state index in [1.54, 1.807) is 18.5 Å². The van der Waals surface area contributed by atoms with Crippen molar-refractivity contribution in [1.82, 2.24) is 10.3 Å². The summed E-state index contributed by atoms with van der Waals surface area (Å²) in [5.74, 6) is -0.899. The van der Waals surface area contributed by atoms with E-state index in [0.717, 1.165) is 0 Å². The van der Waals surface area contributed by atoms with Gasteiger partial charge in [0, 0.05) is 11.6 Å². The maximum Gasteiger partial charge on any atom is 0.330 e. The van der Waals surface area contributed by atoms with Crippen LogP contribution >= 0.6 is 11.3 Å². The van der Waals surface area contributed by atoms with Gasteiger partial charge in [0.1, 0.15) is 5.01 Å². The minimum Gasteiger partial charge on any atom is -0.480 e. The largest absolute Gasteiger partial charge is 0.480 e. The lowest BCUT2D eigenvalue weighted by Gasteiger charge is -2.22. The van der Waals surface area contributed by atoms with Crippen LogP contribution in [0.25, 0.3) is 0 Å². The van der Waals surface area contributed by atoms with E-state index in [-0.39, 0.29) is 0 Å². The van der Waals surface area contributed by atoms with Gasteiger partial charge in [0.05, 0.1) is 0 Å². The maximum atomic E-state index is 11.0. The highest BCUT2D eigenvalue weighted by atomic mass is 32.1. The maximum absolute atomic E-state index is 11.0. The van der Waals surface area contributed by atoms with Crippen molar-refractivity contribution in [2.24, 2.45) is 0 Å². The Morgan fingerprint density at radius 3 is 2.92 bits per heavy atom. The standard InChI is InChI=1S/C8H12N2O2S/c1-3-10-8(2,7(11)12)6-9-4-5-13-6/h4-5,10H,3H2,1-2H3,(H,11,12). The molecule has 1 aromatic rings. The van der Waals surface area contributed by atoms with E-state index in [1.807, 2.05) is 6.92 Å². The molecule has 72 valence electrons. The van der Waals surface area contributed by atoms with Gasteiger partial charge in [0.15, 0.2) is 5.54 Å². The normalized spacial score (nSPS) is 15.2. The molecule has 0 aliphatic heterocycles. The third-order valence-electron chi connectivity index (χ3n) is 1.82. The molecule has 0 saturated carbocycles. The second kappa shape index (κ2) is 3.85. The molecule has 1 aromatic heterocycles. The fourth-order valence-corrected chi connectivity index (χ4v) is 1.83. The van der Waals surface area contributed by atoms with E-state index >= 15 is 0 Å². The van der Waals surface area contributed by atoms with Gasteiger partial charge in [0.2, 0.25) is 0 Å². The molecule has 5 heteroatoms. The Morgan fingerprint density at radius 2 is 2.54 bits per heavy atom. The van der Waals surface area contributed by atoms with Crippen LogP contribution < -0.4 is 5.32 Å². The third-order valence-corrected chi connectivity index (χ3v) is 2.81. The summed E-state index contributed by atoms with van der Waals surface area (Å²) < 4.78 is 0. The Labute approximate surface area is 80.6 Å². The number of aliphatic carboxylic acids is 1. The number of carboxylic acids is 1. The first kappa shape index (κ1) is 10.1. The minimum atomic E-state index is -1.05. The predicted octanol–water partition coefficient (Wildman–Crippen LogP) is 1.05. The average Bonchev–Trinajstić information content (AvgIpc) is 2.56. The number of aromatic nitrogens is 1.